The number of hydrogen-bond acceptors (Lipinski definition) is 2. The van der Waals surface area contributed by atoms with E-state index in [1.165, 1.54) is 13.2 Å². The maximum atomic E-state index is 13.8. The Morgan fingerprint density at radius 3 is 2.85 bits per heavy atom. The highest BCUT2D eigenvalue weighted by atomic mass is 19.1. The van der Waals surface area contributed by atoms with E-state index in [4.69, 9.17) is 4.74 Å². The Balaban J connectivity index is 1.51. The number of aromatic amines is 1. The summed E-state index contributed by atoms with van der Waals surface area (Å²) in [6, 6.07) is 12.1. The molecule has 0 aliphatic rings. The van der Waals surface area contributed by atoms with Crippen LogP contribution in [0.15, 0.2) is 48.7 Å². The predicted molar refractivity (Wildman–Crippen MR) is 99.9 cm³/mol. The highest BCUT2D eigenvalue weighted by molar-refractivity contribution is 5.83. The number of urea groups is 1. The number of carbonyl (C=O) groups excluding carboxylic acids is 1. The zero-order chi connectivity index (χ0) is 18.5. The van der Waals surface area contributed by atoms with Gasteiger partial charge in [-0.2, -0.15) is 0 Å². The first kappa shape index (κ1) is 17.8. The van der Waals surface area contributed by atoms with Crippen molar-refractivity contribution in [2.75, 3.05) is 13.7 Å². The van der Waals surface area contributed by atoms with E-state index in [0.29, 0.717) is 12.1 Å². The number of methoxy groups -OCH3 is 1. The number of halogens is 1. The average Bonchev–Trinajstić information content (AvgIpc) is 3.05. The zero-order valence-electron chi connectivity index (χ0n) is 14.8. The minimum absolute atomic E-state index is 0.184. The fraction of sp³-hybridized carbons (Fsp3) is 0.250. The number of fused-ring (bicyclic) bond motifs is 1. The summed E-state index contributed by atoms with van der Waals surface area (Å²) in [5.74, 6) is -0.262. The summed E-state index contributed by atoms with van der Waals surface area (Å²) < 4.78 is 18.7. The third kappa shape index (κ3) is 3.96. The highest BCUT2D eigenvalue weighted by Crippen LogP contribution is 2.21. The molecule has 0 fully saturated rings. The van der Waals surface area contributed by atoms with Gasteiger partial charge in [0.2, 0.25) is 0 Å². The van der Waals surface area contributed by atoms with Gasteiger partial charge in [0, 0.05) is 23.6 Å². The van der Waals surface area contributed by atoms with E-state index in [9.17, 15) is 9.18 Å². The second-order valence-corrected chi connectivity index (χ2v) is 6.13. The van der Waals surface area contributed by atoms with Crippen molar-refractivity contribution in [3.8, 4) is 5.75 Å². The van der Waals surface area contributed by atoms with Gasteiger partial charge in [-0.1, -0.05) is 24.3 Å². The van der Waals surface area contributed by atoms with Crippen molar-refractivity contribution in [2.24, 2.45) is 0 Å². The molecule has 1 heterocycles. The summed E-state index contributed by atoms with van der Waals surface area (Å²) >= 11 is 0. The van der Waals surface area contributed by atoms with Crippen molar-refractivity contribution in [1.82, 2.24) is 15.6 Å². The smallest absolute Gasteiger partial charge is 0.315 e. The molecule has 6 heteroatoms. The SMILES string of the molecule is COc1ccc(C(C)NC(=O)NCCc2c[nH]c3ccccc23)cc1F. The molecule has 1 atom stereocenters. The Morgan fingerprint density at radius 2 is 2.08 bits per heavy atom. The number of benzene rings is 2. The quantitative estimate of drug-likeness (QED) is 0.627. The number of nitrogens with one attached hydrogen (secondary N) is 3. The molecule has 26 heavy (non-hydrogen) atoms. The molecule has 0 spiro atoms. The number of ether oxygens (including phenoxy) is 1. The van der Waals surface area contributed by atoms with Crippen LogP contribution in [0.25, 0.3) is 10.9 Å². The molecular formula is C20H22FN3O2. The molecule has 1 unspecified atom stereocenters. The zero-order valence-corrected chi connectivity index (χ0v) is 14.8. The monoisotopic (exact) mass is 355 g/mol. The lowest BCUT2D eigenvalue weighted by molar-refractivity contribution is 0.238. The van der Waals surface area contributed by atoms with Crippen LogP contribution in [-0.2, 0) is 6.42 Å². The Bertz CT molecular complexity index is 907. The molecule has 0 saturated carbocycles. The fourth-order valence-electron chi connectivity index (χ4n) is 2.93. The normalized spacial score (nSPS) is 12.0. The first-order valence-electron chi connectivity index (χ1n) is 8.51. The lowest BCUT2D eigenvalue weighted by Crippen LogP contribution is -2.38. The number of amides is 2. The van der Waals surface area contributed by atoms with Gasteiger partial charge in [-0.3, -0.25) is 0 Å². The summed E-state index contributed by atoms with van der Waals surface area (Å²) in [5.41, 5.74) is 2.92. The van der Waals surface area contributed by atoms with Crippen LogP contribution in [-0.4, -0.2) is 24.7 Å². The molecule has 3 aromatic rings. The molecule has 5 nitrogen and oxygen atoms in total. The first-order valence-corrected chi connectivity index (χ1v) is 8.51. The maximum Gasteiger partial charge on any atom is 0.315 e. The van der Waals surface area contributed by atoms with Crippen molar-refractivity contribution in [1.29, 1.82) is 0 Å². The van der Waals surface area contributed by atoms with Crippen LogP contribution in [0.1, 0.15) is 24.1 Å². The van der Waals surface area contributed by atoms with Crippen molar-refractivity contribution < 1.29 is 13.9 Å². The second kappa shape index (κ2) is 7.91. The molecule has 0 radical (unpaired) electrons. The molecule has 0 aliphatic carbocycles. The topological polar surface area (TPSA) is 66.2 Å². The molecule has 3 N–H and O–H groups in total. The van der Waals surface area contributed by atoms with E-state index in [1.807, 2.05) is 24.4 Å². The van der Waals surface area contributed by atoms with Crippen molar-refractivity contribution in [3.63, 3.8) is 0 Å². The highest BCUT2D eigenvalue weighted by Gasteiger charge is 2.12. The maximum absolute atomic E-state index is 13.8. The van der Waals surface area contributed by atoms with Crippen LogP contribution in [0, 0.1) is 5.82 Å². The first-order chi connectivity index (χ1) is 12.6. The third-order valence-corrected chi connectivity index (χ3v) is 4.38. The van der Waals surface area contributed by atoms with Gasteiger partial charge in [0.05, 0.1) is 13.2 Å². The van der Waals surface area contributed by atoms with Crippen molar-refractivity contribution >= 4 is 16.9 Å². The van der Waals surface area contributed by atoms with Gasteiger partial charge in [0.25, 0.3) is 0 Å². The predicted octanol–water partition coefficient (Wildman–Crippen LogP) is 3.92. The minimum Gasteiger partial charge on any atom is -0.494 e. The van der Waals surface area contributed by atoms with Gasteiger partial charge in [-0.25, -0.2) is 9.18 Å². The van der Waals surface area contributed by atoms with Crippen LogP contribution in [0.5, 0.6) is 5.75 Å². The van der Waals surface area contributed by atoms with Crippen LogP contribution in [0.4, 0.5) is 9.18 Å². The molecule has 2 aromatic carbocycles. The second-order valence-electron chi connectivity index (χ2n) is 6.13. The van der Waals surface area contributed by atoms with Gasteiger partial charge in [0.1, 0.15) is 0 Å². The summed E-state index contributed by atoms with van der Waals surface area (Å²) in [6.07, 6.45) is 2.69. The molecule has 136 valence electrons. The molecular weight excluding hydrogens is 333 g/mol. The number of para-hydroxylation sites is 1. The lowest BCUT2D eigenvalue weighted by Gasteiger charge is -2.16. The summed E-state index contributed by atoms with van der Waals surface area (Å²) in [5, 5.41) is 6.82. The largest absolute Gasteiger partial charge is 0.494 e. The molecule has 0 aliphatic heterocycles. The van der Waals surface area contributed by atoms with Gasteiger partial charge >= 0.3 is 6.03 Å². The van der Waals surface area contributed by atoms with Gasteiger partial charge in [-0.15, -0.1) is 0 Å². The summed E-state index contributed by atoms with van der Waals surface area (Å²) in [7, 11) is 1.42. The van der Waals surface area contributed by atoms with Crippen molar-refractivity contribution in [3.05, 3.63) is 65.6 Å². The van der Waals surface area contributed by atoms with Crippen molar-refractivity contribution in [2.45, 2.75) is 19.4 Å². The summed E-state index contributed by atoms with van der Waals surface area (Å²) in [4.78, 5) is 15.3. The Hall–Kier alpha value is -3.02. The average molecular weight is 355 g/mol. The molecule has 0 saturated heterocycles. The van der Waals surface area contributed by atoms with E-state index >= 15 is 0 Å². The molecule has 2 amide bonds. The van der Waals surface area contributed by atoms with Crippen LogP contribution in [0.2, 0.25) is 0 Å². The van der Waals surface area contributed by atoms with E-state index in [2.05, 4.69) is 21.7 Å². The minimum atomic E-state index is -0.446. The lowest BCUT2D eigenvalue weighted by atomic mass is 10.1. The standard InChI is InChI=1S/C20H22FN3O2/c1-13(14-7-8-19(26-2)17(21)11-14)24-20(25)22-10-9-15-12-23-18-6-4-3-5-16(15)18/h3-8,11-13,23H,9-10H2,1-2H3,(H2,22,24,25). The van der Waals surface area contributed by atoms with Crippen LogP contribution < -0.4 is 15.4 Å². The summed E-state index contributed by atoms with van der Waals surface area (Å²) in [6.45, 7) is 2.32. The Kier molecular flexibility index (Phi) is 5.41. The Morgan fingerprint density at radius 1 is 1.27 bits per heavy atom. The van der Waals surface area contributed by atoms with Gasteiger partial charge in [-0.05, 0) is 42.7 Å². The third-order valence-electron chi connectivity index (χ3n) is 4.38. The van der Waals surface area contributed by atoms with Crippen LogP contribution >= 0.6 is 0 Å². The number of H-pyrrole nitrogens is 1. The van der Waals surface area contributed by atoms with E-state index < -0.39 is 5.82 Å². The van der Waals surface area contributed by atoms with E-state index in [1.54, 1.807) is 19.1 Å². The number of aromatic nitrogens is 1. The number of hydrogen-bond donors (Lipinski definition) is 3. The number of carbonyl (C=O) groups is 1. The molecule has 1 aromatic heterocycles. The molecule has 3 rings (SSSR count). The van der Waals surface area contributed by atoms with Gasteiger partial charge in [0.15, 0.2) is 11.6 Å². The van der Waals surface area contributed by atoms with E-state index in [-0.39, 0.29) is 17.8 Å². The number of rotatable bonds is 6. The fourth-order valence-corrected chi connectivity index (χ4v) is 2.93. The van der Waals surface area contributed by atoms with Gasteiger partial charge < -0.3 is 20.4 Å². The van der Waals surface area contributed by atoms with E-state index in [0.717, 1.165) is 22.9 Å². The van der Waals surface area contributed by atoms with Crippen LogP contribution in [0.3, 0.4) is 0 Å². The molecule has 0 bridgehead atoms. The Labute approximate surface area is 151 Å².